The first-order valence-corrected chi connectivity index (χ1v) is 9.69. The SMILES string of the molecule is CCCS(=O)(=O)CCN1CCC(CN)(SC)CC1. The van der Waals surface area contributed by atoms with Crippen molar-refractivity contribution in [3.63, 3.8) is 0 Å². The summed E-state index contributed by atoms with van der Waals surface area (Å²) in [6, 6.07) is 0. The summed E-state index contributed by atoms with van der Waals surface area (Å²) in [5, 5.41) is 0. The number of piperidine rings is 1. The van der Waals surface area contributed by atoms with Crippen LogP contribution in [0.3, 0.4) is 0 Å². The molecule has 1 aliphatic heterocycles. The van der Waals surface area contributed by atoms with Gasteiger partial charge in [-0.1, -0.05) is 6.92 Å². The quantitative estimate of drug-likeness (QED) is 0.758. The predicted molar refractivity (Wildman–Crippen MR) is 79.9 cm³/mol. The van der Waals surface area contributed by atoms with E-state index in [-0.39, 0.29) is 4.75 Å². The van der Waals surface area contributed by atoms with Crippen LogP contribution < -0.4 is 5.73 Å². The summed E-state index contributed by atoms with van der Waals surface area (Å²) in [6.07, 6.45) is 4.97. The third-order valence-corrected chi connectivity index (χ3v) is 7.08. The largest absolute Gasteiger partial charge is 0.329 e. The molecule has 0 unspecified atom stereocenters. The van der Waals surface area contributed by atoms with Crippen LogP contribution in [0.4, 0.5) is 0 Å². The number of thioether (sulfide) groups is 1. The van der Waals surface area contributed by atoms with E-state index in [2.05, 4.69) is 11.2 Å². The number of rotatable bonds is 7. The highest BCUT2D eigenvalue weighted by molar-refractivity contribution is 8.00. The third-order valence-electron chi connectivity index (χ3n) is 3.81. The Balaban J connectivity index is 2.36. The van der Waals surface area contributed by atoms with Crippen molar-refractivity contribution in [1.82, 2.24) is 4.90 Å². The average Bonchev–Trinajstić information content (AvgIpc) is 2.37. The first-order valence-electron chi connectivity index (χ1n) is 6.65. The molecule has 1 saturated heterocycles. The fourth-order valence-corrected chi connectivity index (χ4v) is 4.48. The summed E-state index contributed by atoms with van der Waals surface area (Å²) in [7, 11) is -2.84. The van der Waals surface area contributed by atoms with Gasteiger partial charge in [-0.3, -0.25) is 0 Å². The zero-order chi connectivity index (χ0) is 13.6. The number of hydrogen-bond donors (Lipinski definition) is 1. The fraction of sp³-hybridized carbons (Fsp3) is 1.00. The van der Waals surface area contributed by atoms with Crippen molar-refractivity contribution in [3.8, 4) is 0 Å². The second-order valence-electron chi connectivity index (χ2n) is 5.08. The first-order chi connectivity index (χ1) is 8.47. The molecule has 0 bridgehead atoms. The van der Waals surface area contributed by atoms with Crippen molar-refractivity contribution in [1.29, 1.82) is 0 Å². The Bertz CT molecular complexity index is 330. The zero-order valence-electron chi connectivity index (χ0n) is 11.5. The molecular formula is C12H26N2O2S2. The summed E-state index contributed by atoms with van der Waals surface area (Å²) in [6.45, 7) is 5.25. The molecular weight excluding hydrogens is 268 g/mol. The van der Waals surface area contributed by atoms with E-state index >= 15 is 0 Å². The minimum Gasteiger partial charge on any atom is -0.329 e. The molecule has 0 aliphatic carbocycles. The van der Waals surface area contributed by atoms with Crippen molar-refractivity contribution < 1.29 is 8.42 Å². The molecule has 0 spiro atoms. The molecule has 0 amide bonds. The molecule has 0 radical (unpaired) electrons. The maximum atomic E-state index is 11.7. The van der Waals surface area contributed by atoms with Crippen molar-refractivity contribution in [2.24, 2.45) is 5.73 Å². The second-order valence-corrected chi connectivity index (χ2v) is 8.66. The maximum Gasteiger partial charge on any atom is 0.151 e. The second kappa shape index (κ2) is 7.12. The number of nitrogens with two attached hydrogens (primary N) is 1. The highest BCUT2D eigenvalue weighted by Gasteiger charge is 2.32. The highest BCUT2D eigenvalue weighted by Crippen LogP contribution is 2.33. The molecule has 4 nitrogen and oxygen atoms in total. The molecule has 0 aromatic carbocycles. The Morgan fingerprint density at radius 3 is 2.33 bits per heavy atom. The maximum absolute atomic E-state index is 11.7. The van der Waals surface area contributed by atoms with Crippen LogP contribution in [-0.2, 0) is 9.84 Å². The number of nitrogens with zero attached hydrogens (tertiary/aromatic N) is 1. The zero-order valence-corrected chi connectivity index (χ0v) is 13.2. The van der Waals surface area contributed by atoms with E-state index in [1.807, 2.05) is 18.7 Å². The molecule has 0 saturated carbocycles. The van der Waals surface area contributed by atoms with Crippen molar-refractivity contribution >= 4 is 21.6 Å². The normalized spacial score (nSPS) is 21.1. The standard InChI is InChI=1S/C12H26N2O2S2/c1-3-9-18(15,16)10-8-14-6-4-12(11-13,17-2)5-7-14/h3-11,13H2,1-2H3. The van der Waals surface area contributed by atoms with Crippen molar-refractivity contribution in [2.75, 3.05) is 43.9 Å². The Morgan fingerprint density at radius 2 is 1.89 bits per heavy atom. The monoisotopic (exact) mass is 294 g/mol. The van der Waals surface area contributed by atoms with Crippen molar-refractivity contribution in [3.05, 3.63) is 0 Å². The van der Waals surface area contributed by atoms with Crippen LogP contribution in [0, 0.1) is 0 Å². The third kappa shape index (κ3) is 4.72. The lowest BCUT2D eigenvalue weighted by Gasteiger charge is -2.40. The van der Waals surface area contributed by atoms with Crippen molar-refractivity contribution in [2.45, 2.75) is 30.9 Å². The van der Waals surface area contributed by atoms with E-state index in [1.54, 1.807) is 0 Å². The molecule has 6 heteroatoms. The van der Waals surface area contributed by atoms with Gasteiger partial charge >= 0.3 is 0 Å². The van der Waals surface area contributed by atoms with Gasteiger partial charge in [-0.05, 0) is 38.6 Å². The highest BCUT2D eigenvalue weighted by atomic mass is 32.2. The molecule has 2 N–H and O–H groups in total. The van der Waals surface area contributed by atoms with Gasteiger partial charge in [-0.25, -0.2) is 8.42 Å². The van der Waals surface area contributed by atoms with Gasteiger partial charge in [0, 0.05) is 23.6 Å². The van der Waals surface area contributed by atoms with Gasteiger partial charge < -0.3 is 10.6 Å². The van der Waals surface area contributed by atoms with Gasteiger partial charge in [0.05, 0.1) is 5.75 Å². The molecule has 1 rings (SSSR count). The average molecular weight is 294 g/mol. The molecule has 0 atom stereocenters. The van der Waals surface area contributed by atoms with Gasteiger partial charge in [0.15, 0.2) is 9.84 Å². The van der Waals surface area contributed by atoms with Crippen LogP contribution in [-0.4, -0.2) is 62.0 Å². The first kappa shape index (κ1) is 16.3. The van der Waals surface area contributed by atoms with Crippen LogP contribution >= 0.6 is 11.8 Å². The minimum absolute atomic E-state index is 0.221. The summed E-state index contributed by atoms with van der Waals surface area (Å²) >= 11 is 1.86. The lowest BCUT2D eigenvalue weighted by Crippen LogP contribution is -2.47. The molecule has 0 aromatic heterocycles. The van der Waals surface area contributed by atoms with E-state index < -0.39 is 9.84 Å². The van der Waals surface area contributed by atoms with E-state index in [0.29, 0.717) is 24.5 Å². The summed E-state index contributed by atoms with van der Waals surface area (Å²) in [5.41, 5.74) is 5.84. The number of likely N-dealkylation sites (tertiary alicyclic amines) is 1. The van der Waals surface area contributed by atoms with Crippen LogP contribution in [0.15, 0.2) is 0 Å². The summed E-state index contributed by atoms with van der Waals surface area (Å²) < 4.78 is 23.5. The lowest BCUT2D eigenvalue weighted by molar-refractivity contribution is 0.212. The number of sulfone groups is 1. The molecule has 1 heterocycles. The number of hydrogen-bond acceptors (Lipinski definition) is 5. The predicted octanol–water partition coefficient (Wildman–Crippen LogP) is 0.968. The van der Waals surface area contributed by atoms with Gasteiger partial charge in [0.1, 0.15) is 0 Å². The molecule has 1 fully saturated rings. The van der Waals surface area contributed by atoms with Crippen LogP contribution in [0.1, 0.15) is 26.2 Å². The summed E-state index contributed by atoms with van der Waals surface area (Å²) in [5.74, 6) is 0.619. The van der Waals surface area contributed by atoms with E-state index in [4.69, 9.17) is 5.73 Å². The topological polar surface area (TPSA) is 63.4 Å². The van der Waals surface area contributed by atoms with Gasteiger partial charge in [0.2, 0.25) is 0 Å². The van der Waals surface area contributed by atoms with E-state index in [1.165, 1.54) is 0 Å². The van der Waals surface area contributed by atoms with Crippen LogP contribution in [0.2, 0.25) is 0 Å². The van der Waals surface area contributed by atoms with E-state index in [0.717, 1.165) is 32.5 Å². The fourth-order valence-electron chi connectivity index (χ4n) is 2.36. The Hall–Kier alpha value is 0.220. The summed E-state index contributed by atoms with van der Waals surface area (Å²) in [4.78, 5) is 2.26. The Morgan fingerprint density at radius 1 is 1.28 bits per heavy atom. The van der Waals surface area contributed by atoms with Gasteiger partial charge in [-0.15, -0.1) is 0 Å². The minimum atomic E-state index is -2.84. The Kier molecular flexibility index (Phi) is 6.44. The molecule has 0 aromatic rings. The van der Waals surface area contributed by atoms with Crippen LogP contribution in [0.25, 0.3) is 0 Å². The molecule has 108 valence electrons. The lowest BCUT2D eigenvalue weighted by atomic mass is 9.96. The van der Waals surface area contributed by atoms with Gasteiger partial charge in [-0.2, -0.15) is 11.8 Å². The van der Waals surface area contributed by atoms with E-state index in [9.17, 15) is 8.42 Å². The van der Waals surface area contributed by atoms with Gasteiger partial charge in [0.25, 0.3) is 0 Å². The molecule has 18 heavy (non-hydrogen) atoms. The van der Waals surface area contributed by atoms with Crippen LogP contribution in [0.5, 0.6) is 0 Å². The Labute approximate surface area is 116 Å². The smallest absolute Gasteiger partial charge is 0.151 e. The molecule has 1 aliphatic rings.